The van der Waals surface area contributed by atoms with Gasteiger partial charge in [-0.05, 0) is 48.4 Å². The van der Waals surface area contributed by atoms with Crippen LogP contribution in [0.5, 0.6) is 11.5 Å². The van der Waals surface area contributed by atoms with Crippen molar-refractivity contribution < 1.29 is 23.8 Å². The van der Waals surface area contributed by atoms with Crippen LogP contribution in [0.3, 0.4) is 0 Å². The molecule has 3 aromatic carbocycles. The van der Waals surface area contributed by atoms with Gasteiger partial charge >= 0.3 is 0 Å². The van der Waals surface area contributed by atoms with Gasteiger partial charge in [-0.1, -0.05) is 35.9 Å². The first-order valence-corrected chi connectivity index (χ1v) is 9.47. The second-order valence-electron chi connectivity index (χ2n) is 6.89. The summed E-state index contributed by atoms with van der Waals surface area (Å²) in [5.41, 5.74) is 3.04. The Labute approximate surface area is 175 Å². The highest BCUT2D eigenvalue weighted by molar-refractivity contribution is 5.95. The summed E-state index contributed by atoms with van der Waals surface area (Å²) in [6.07, 6.45) is -1.05. The fraction of sp³-hybridized carbons (Fsp3) is 0.208. The normalized spacial score (nSPS) is 11.6. The molecule has 1 amide bonds. The topological polar surface area (TPSA) is 67.8 Å². The molecule has 0 saturated heterocycles. The van der Waals surface area contributed by atoms with Gasteiger partial charge in [-0.15, -0.1) is 0 Å². The van der Waals surface area contributed by atoms with Crippen LogP contribution in [0.1, 0.15) is 27.6 Å². The second kappa shape index (κ2) is 9.41. The van der Waals surface area contributed by atoms with Crippen molar-refractivity contribution >= 4 is 5.91 Å². The monoisotopic (exact) mass is 409 g/mol. The van der Waals surface area contributed by atoms with Gasteiger partial charge in [-0.25, -0.2) is 4.39 Å². The number of rotatable bonds is 7. The largest absolute Gasteiger partial charge is 0.497 e. The Hall–Kier alpha value is -3.38. The second-order valence-corrected chi connectivity index (χ2v) is 6.89. The molecule has 0 aromatic heterocycles. The number of aryl methyl sites for hydroxylation is 1. The molecule has 1 unspecified atom stereocenters. The van der Waals surface area contributed by atoms with Crippen LogP contribution in [0.2, 0.25) is 0 Å². The summed E-state index contributed by atoms with van der Waals surface area (Å²) in [6, 6.07) is 17.2. The maximum atomic E-state index is 14.6. The standard InChI is InChI=1S/C24H24FNO4/c1-15-4-6-16(7-5-15)17-8-10-19(21(25)12-17)24(28)26-14-22(27)20-13-18(29-2)9-11-23(20)30-3/h4-13,22,27H,14H2,1-3H3,(H,26,28). The number of methoxy groups -OCH3 is 2. The first-order valence-electron chi connectivity index (χ1n) is 9.47. The zero-order valence-corrected chi connectivity index (χ0v) is 17.1. The number of nitrogens with one attached hydrogen (secondary N) is 1. The van der Waals surface area contributed by atoms with Crippen LogP contribution in [-0.2, 0) is 0 Å². The first kappa shape index (κ1) is 21.3. The molecule has 0 aliphatic rings. The van der Waals surface area contributed by atoms with Gasteiger partial charge in [0.2, 0.25) is 0 Å². The predicted octanol–water partition coefficient (Wildman–Crippen LogP) is 4.28. The van der Waals surface area contributed by atoms with Crippen LogP contribution in [0.25, 0.3) is 11.1 Å². The molecule has 0 heterocycles. The predicted molar refractivity (Wildman–Crippen MR) is 113 cm³/mol. The van der Waals surface area contributed by atoms with Crippen molar-refractivity contribution in [1.82, 2.24) is 5.32 Å². The van der Waals surface area contributed by atoms with Gasteiger partial charge in [-0.3, -0.25) is 4.79 Å². The van der Waals surface area contributed by atoms with Gasteiger partial charge in [0.1, 0.15) is 23.4 Å². The fourth-order valence-corrected chi connectivity index (χ4v) is 3.12. The van der Waals surface area contributed by atoms with Crippen LogP contribution in [0.4, 0.5) is 4.39 Å². The third-order valence-electron chi connectivity index (χ3n) is 4.85. The lowest BCUT2D eigenvalue weighted by atomic mass is 10.0. The molecule has 0 bridgehead atoms. The Morgan fingerprint density at radius 1 is 1.00 bits per heavy atom. The van der Waals surface area contributed by atoms with E-state index in [1.165, 1.54) is 26.4 Å². The third-order valence-corrected chi connectivity index (χ3v) is 4.85. The summed E-state index contributed by atoms with van der Waals surface area (Å²) in [4.78, 5) is 12.5. The van der Waals surface area contributed by atoms with Crippen molar-refractivity contribution in [2.24, 2.45) is 0 Å². The molecule has 2 N–H and O–H groups in total. The van der Waals surface area contributed by atoms with E-state index in [2.05, 4.69) is 5.32 Å². The van der Waals surface area contributed by atoms with Crippen LogP contribution in [0, 0.1) is 12.7 Å². The van der Waals surface area contributed by atoms with E-state index in [1.54, 1.807) is 24.3 Å². The zero-order chi connectivity index (χ0) is 21.7. The molecule has 0 aliphatic carbocycles. The average Bonchev–Trinajstić information content (AvgIpc) is 2.77. The number of hydrogen-bond acceptors (Lipinski definition) is 4. The molecule has 0 spiro atoms. The number of amides is 1. The van der Waals surface area contributed by atoms with E-state index in [-0.39, 0.29) is 12.1 Å². The van der Waals surface area contributed by atoms with Crippen molar-refractivity contribution in [2.45, 2.75) is 13.0 Å². The highest BCUT2D eigenvalue weighted by Crippen LogP contribution is 2.29. The van der Waals surface area contributed by atoms with Crippen LogP contribution >= 0.6 is 0 Å². The summed E-state index contributed by atoms with van der Waals surface area (Å²) in [5.74, 6) is -0.219. The number of halogens is 1. The van der Waals surface area contributed by atoms with Crippen LogP contribution < -0.4 is 14.8 Å². The Kier molecular flexibility index (Phi) is 6.69. The molecular weight excluding hydrogens is 385 g/mol. The van der Waals surface area contributed by atoms with E-state index in [9.17, 15) is 14.3 Å². The van der Waals surface area contributed by atoms with E-state index in [0.29, 0.717) is 22.6 Å². The number of ether oxygens (including phenoxy) is 2. The molecular formula is C24H24FNO4. The Balaban J connectivity index is 1.71. The van der Waals surface area contributed by atoms with Gasteiger partial charge in [0.25, 0.3) is 5.91 Å². The molecule has 0 aliphatic heterocycles. The number of hydrogen-bond donors (Lipinski definition) is 2. The Morgan fingerprint density at radius 2 is 1.70 bits per heavy atom. The maximum absolute atomic E-state index is 14.6. The van der Waals surface area contributed by atoms with Crippen LogP contribution in [0.15, 0.2) is 60.7 Å². The first-order chi connectivity index (χ1) is 14.4. The van der Waals surface area contributed by atoms with E-state index < -0.39 is 17.8 Å². The molecule has 1 atom stereocenters. The molecule has 0 saturated carbocycles. The number of aliphatic hydroxyl groups excluding tert-OH is 1. The lowest BCUT2D eigenvalue weighted by Crippen LogP contribution is -2.29. The lowest BCUT2D eigenvalue weighted by Gasteiger charge is -2.17. The molecule has 0 radical (unpaired) electrons. The van der Waals surface area contributed by atoms with Gasteiger partial charge in [0.05, 0.1) is 19.8 Å². The average molecular weight is 409 g/mol. The summed E-state index contributed by atoms with van der Waals surface area (Å²) >= 11 is 0. The maximum Gasteiger partial charge on any atom is 0.254 e. The smallest absolute Gasteiger partial charge is 0.254 e. The van der Waals surface area contributed by atoms with Crippen molar-refractivity contribution in [1.29, 1.82) is 0 Å². The van der Waals surface area contributed by atoms with Gasteiger partial charge in [0, 0.05) is 12.1 Å². The Bertz CT molecular complexity index is 1030. The summed E-state index contributed by atoms with van der Waals surface area (Å²) < 4.78 is 25.0. The van der Waals surface area contributed by atoms with Gasteiger partial charge < -0.3 is 19.9 Å². The zero-order valence-electron chi connectivity index (χ0n) is 17.1. The van der Waals surface area contributed by atoms with Gasteiger partial charge in [-0.2, -0.15) is 0 Å². The van der Waals surface area contributed by atoms with Crippen molar-refractivity contribution in [3.05, 3.63) is 83.2 Å². The molecule has 0 fully saturated rings. The van der Waals surface area contributed by atoms with Crippen molar-refractivity contribution in [2.75, 3.05) is 20.8 Å². The van der Waals surface area contributed by atoms with Crippen LogP contribution in [-0.4, -0.2) is 31.8 Å². The lowest BCUT2D eigenvalue weighted by molar-refractivity contribution is 0.0910. The van der Waals surface area contributed by atoms with Gasteiger partial charge in [0.15, 0.2) is 0 Å². The third kappa shape index (κ3) is 4.78. The Morgan fingerprint density at radius 3 is 2.33 bits per heavy atom. The molecule has 30 heavy (non-hydrogen) atoms. The molecule has 6 heteroatoms. The minimum absolute atomic E-state index is 0.0873. The van der Waals surface area contributed by atoms with E-state index in [0.717, 1.165) is 11.1 Å². The summed E-state index contributed by atoms with van der Waals surface area (Å²) in [5, 5.41) is 13.1. The number of carbonyl (C=O) groups excluding carboxylic acids is 1. The van der Waals surface area contributed by atoms with Crippen molar-refractivity contribution in [3.63, 3.8) is 0 Å². The highest BCUT2D eigenvalue weighted by Gasteiger charge is 2.18. The summed E-state index contributed by atoms with van der Waals surface area (Å²) in [6.45, 7) is 1.87. The SMILES string of the molecule is COc1ccc(OC)c(C(O)CNC(=O)c2ccc(-c3ccc(C)cc3)cc2F)c1. The molecule has 5 nitrogen and oxygen atoms in total. The van der Waals surface area contributed by atoms with E-state index in [1.807, 2.05) is 31.2 Å². The number of benzene rings is 3. The quantitative estimate of drug-likeness (QED) is 0.611. The minimum atomic E-state index is -1.05. The number of carbonyl (C=O) groups is 1. The highest BCUT2D eigenvalue weighted by atomic mass is 19.1. The van der Waals surface area contributed by atoms with E-state index in [4.69, 9.17) is 9.47 Å². The summed E-state index contributed by atoms with van der Waals surface area (Å²) in [7, 11) is 3.00. The van der Waals surface area contributed by atoms with Crippen molar-refractivity contribution in [3.8, 4) is 22.6 Å². The minimum Gasteiger partial charge on any atom is -0.497 e. The molecule has 3 aromatic rings. The van der Waals surface area contributed by atoms with E-state index >= 15 is 0 Å². The fourth-order valence-electron chi connectivity index (χ4n) is 3.12. The molecule has 156 valence electrons. The number of aliphatic hydroxyl groups is 1. The molecule has 3 rings (SSSR count).